The molecule has 6 fully saturated rings. The molecule has 4 aliphatic carbocycles. The Morgan fingerprint density at radius 2 is 1.67 bits per heavy atom. The van der Waals surface area contributed by atoms with Gasteiger partial charge in [0.25, 0.3) is 0 Å². The smallest absolute Gasteiger partial charge is 0.171 e. The van der Waals surface area contributed by atoms with Crippen molar-refractivity contribution in [3.8, 4) is 0 Å². The lowest BCUT2D eigenvalue weighted by atomic mass is 9.44. The molecule has 2 saturated heterocycles. The van der Waals surface area contributed by atoms with E-state index in [4.69, 9.17) is 9.47 Å². The van der Waals surface area contributed by atoms with Crippen molar-refractivity contribution in [2.45, 2.75) is 116 Å². The minimum Gasteiger partial charge on any atom is -0.388 e. The lowest BCUT2D eigenvalue weighted by Gasteiger charge is -2.61. The molecule has 0 bridgehead atoms. The van der Waals surface area contributed by atoms with E-state index < -0.39 is 11.4 Å². The average molecular weight is 417 g/mol. The summed E-state index contributed by atoms with van der Waals surface area (Å²) in [5.74, 6) is 4.36. The van der Waals surface area contributed by atoms with E-state index in [0.29, 0.717) is 35.4 Å². The van der Waals surface area contributed by atoms with Crippen molar-refractivity contribution in [3.05, 3.63) is 0 Å². The summed E-state index contributed by atoms with van der Waals surface area (Å²) in [7, 11) is 0. The number of hydrogen-bond donors (Lipinski definition) is 1. The second-order valence-electron chi connectivity index (χ2n) is 13.3. The number of rotatable bonds is 0. The van der Waals surface area contributed by atoms with Crippen LogP contribution in [-0.4, -0.2) is 29.2 Å². The molecule has 0 aromatic carbocycles. The van der Waals surface area contributed by atoms with Gasteiger partial charge in [-0.05, 0) is 98.7 Å². The summed E-state index contributed by atoms with van der Waals surface area (Å²) in [6.45, 7) is 10.0. The zero-order valence-electron chi connectivity index (χ0n) is 19.8. The normalized spacial score (nSPS) is 62.5. The Labute approximate surface area is 183 Å². The van der Waals surface area contributed by atoms with Crippen LogP contribution in [0.25, 0.3) is 0 Å². The Morgan fingerprint density at radius 3 is 2.43 bits per heavy atom. The molecular weight excluding hydrogens is 372 g/mol. The van der Waals surface area contributed by atoms with Crippen LogP contribution in [0.2, 0.25) is 0 Å². The molecule has 2 aliphatic heterocycles. The Morgan fingerprint density at radius 1 is 0.833 bits per heavy atom. The van der Waals surface area contributed by atoms with Gasteiger partial charge in [-0.15, -0.1) is 0 Å². The van der Waals surface area contributed by atoms with Crippen LogP contribution in [0.5, 0.6) is 0 Å². The minimum absolute atomic E-state index is 0.369. The van der Waals surface area contributed by atoms with E-state index in [0.717, 1.165) is 36.5 Å². The highest BCUT2D eigenvalue weighted by Gasteiger charge is 2.69. The highest BCUT2D eigenvalue weighted by molar-refractivity contribution is 5.15. The van der Waals surface area contributed by atoms with Crippen LogP contribution < -0.4 is 0 Å². The van der Waals surface area contributed by atoms with Crippen LogP contribution >= 0.6 is 0 Å². The summed E-state index contributed by atoms with van der Waals surface area (Å²) in [5.41, 5.74) is 0.340. The van der Waals surface area contributed by atoms with E-state index in [-0.39, 0.29) is 0 Å². The van der Waals surface area contributed by atoms with E-state index in [1.165, 1.54) is 57.8 Å². The molecule has 6 aliphatic rings. The topological polar surface area (TPSA) is 38.7 Å². The van der Waals surface area contributed by atoms with E-state index in [1.807, 2.05) is 6.92 Å². The van der Waals surface area contributed by atoms with Gasteiger partial charge in [0.1, 0.15) is 0 Å². The van der Waals surface area contributed by atoms with Gasteiger partial charge >= 0.3 is 0 Å². The molecule has 0 amide bonds. The number of fused-ring (bicyclic) bond motifs is 7. The molecule has 0 radical (unpaired) electrons. The summed E-state index contributed by atoms with van der Waals surface area (Å²) >= 11 is 0. The molecule has 2 heterocycles. The summed E-state index contributed by atoms with van der Waals surface area (Å²) < 4.78 is 13.2. The minimum atomic E-state index is -0.690. The second kappa shape index (κ2) is 6.48. The fourth-order valence-corrected chi connectivity index (χ4v) is 10.3. The predicted molar refractivity (Wildman–Crippen MR) is 118 cm³/mol. The Kier molecular flexibility index (Phi) is 4.42. The highest BCUT2D eigenvalue weighted by Crippen LogP contribution is 2.71. The lowest BCUT2D eigenvalue weighted by molar-refractivity contribution is -0.294. The van der Waals surface area contributed by atoms with Gasteiger partial charge in [-0.1, -0.05) is 33.6 Å². The van der Waals surface area contributed by atoms with Crippen LogP contribution in [0.1, 0.15) is 98.3 Å². The molecule has 3 nitrogen and oxygen atoms in total. The van der Waals surface area contributed by atoms with Crippen LogP contribution in [0.4, 0.5) is 0 Å². The molecular formula is C27H44O3. The van der Waals surface area contributed by atoms with Gasteiger partial charge < -0.3 is 14.6 Å². The monoisotopic (exact) mass is 416 g/mol. The third kappa shape index (κ3) is 2.61. The molecule has 4 saturated carbocycles. The predicted octanol–water partition coefficient (Wildman–Crippen LogP) is 5.94. The van der Waals surface area contributed by atoms with Crippen molar-refractivity contribution >= 4 is 0 Å². The zero-order valence-corrected chi connectivity index (χ0v) is 19.8. The summed E-state index contributed by atoms with van der Waals surface area (Å²) in [6, 6.07) is 0. The number of ether oxygens (including phenoxy) is 2. The molecule has 3 heteroatoms. The van der Waals surface area contributed by atoms with Crippen molar-refractivity contribution in [2.75, 3.05) is 6.61 Å². The lowest BCUT2D eigenvalue weighted by Crippen LogP contribution is -2.55. The van der Waals surface area contributed by atoms with E-state index in [2.05, 4.69) is 20.8 Å². The summed E-state index contributed by atoms with van der Waals surface area (Å²) in [5, 5.41) is 10.4. The molecule has 11 atom stereocenters. The SMILES string of the molecule is CC1C2C(CC3C4CCC5CCCCC5(C)C4CCC32C)OC12CCC(C)(O)CO2. The highest BCUT2D eigenvalue weighted by atomic mass is 16.7. The van der Waals surface area contributed by atoms with Crippen molar-refractivity contribution in [3.63, 3.8) is 0 Å². The molecule has 0 aromatic rings. The third-order valence-electron chi connectivity index (χ3n) is 11.9. The van der Waals surface area contributed by atoms with Crippen LogP contribution in [-0.2, 0) is 9.47 Å². The van der Waals surface area contributed by atoms with Gasteiger partial charge in [0.2, 0.25) is 0 Å². The molecule has 1 spiro atoms. The van der Waals surface area contributed by atoms with Crippen molar-refractivity contribution in [1.82, 2.24) is 0 Å². The molecule has 0 aromatic heterocycles. The summed E-state index contributed by atoms with van der Waals surface area (Å²) in [6.07, 6.45) is 15.0. The van der Waals surface area contributed by atoms with Gasteiger partial charge in [-0.25, -0.2) is 0 Å². The Balaban J connectivity index is 1.26. The first-order chi connectivity index (χ1) is 14.2. The first kappa shape index (κ1) is 20.5. The maximum atomic E-state index is 10.4. The molecule has 170 valence electrons. The second-order valence-corrected chi connectivity index (χ2v) is 13.3. The molecule has 6 rings (SSSR count). The Hall–Kier alpha value is -0.120. The van der Waals surface area contributed by atoms with Gasteiger partial charge in [-0.3, -0.25) is 0 Å². The third-order valence-corrected chi connectivity index (χ3v) is 11.9. The van der Waals surface area contributed by atoms with Crippen LogP contribution in [0, 0.1) is 46.3 Å². The first-order valence-electron chi connectivity index (χ1n) is 13.2. The number of hydrogen-bond acceptors (Lipinski definition) is 3. The van der Waals surface area contributed by atoms with E-state index >= 15 is 0 Å². The van der Waals surface area contributed by atoms with Crippen molar-refractivity contribution in [1.29, 1.82) is 0 Å². The fourth-order valence-electron chi connectivity index (χ4n) is 10.3. The fraction of sp³-hybridized carbons (Fsp3) is 1.00. The maximum absolute atomic E-state index is 10.4. The van der Waals surface area contributed by atoms with Crippen molar-refractivity contribution < 1.29 is 14.6 Å². The van der Waals surface area contributed by atoms with E-state index in [1.54, 1.807) is 0 Å². The van der Waals surface area contributed by atoms with Crippen molar-refractivity contribution in [2.24, 2.45) is 46.3 Å². The van der Waals surface area contributed by atoms with Gasteiger partial charge in [0, 0.05) is 12.3 Å². The van der Waals surface area contributed by atoms with Crippen LogP contribution in [0.15, 0.2) is 0 Å². The maximum Gasteiger partial charge on any atom is 0.171 e. The zero-order chi connectivity index (χ0) is 20.9. The van der Waals surface area contributed by atoms with Gasteiger partial charge in [-0.2, -0.15) is 0 Å². The first-order valence-corrected chi connectivity index (χ1v) is 13.2. The largest absolute Gasteiger partial charge is 0.388 e. The number of aliphatic hydroxyl groups is 1. The molecule has 11 unspecified atom stereocenters. The summed E-state index contributed by atoms with van der Waals surface area (Å²) in [4.78, 5) is 0. The molecule has 30 heavy (non-hydrogen) atoms. The Bertz CT molecular complexity index is 692. The van der Waals surface area contributed by atoms with Gasteiger partial charge in [0.15, 0.2) is 5.79 Å². The van der Waals surface area contributed by atoms with E-state index in [9.17, 15) is 5.11 Å². The average Bonchev–Trinajstić information content (AvgIpc) is 3.15. The molecule has 1 N–H and O–H groups in total. The quantitative estimate of drug-likeness (QED) is 0.531. The van der Waals surface area contributed by atoms with Crippen LogP contribution in [0.3, 0.4) is 0 Å². The standard InChI is InChI=1S/C27H44O3/c1-17-23-22(30-27(17)14-13-24(2,28)16-29-27)15-21-19-9-8-18-7-5-6-11-25(18,3)20(19)10-12-26(21,23)4/h17-23,28H,5-16H2,1-4H3. The van der Waals surface area contributed by atoms with Gasteiger partial charge in [0.05, 0.1) is 18.3 Å².